The number of para-hydroxylation sites is 2. The number of carbonyl (C=O) groups excluding carboxylic acids is 1. The van der Waals surface area contributed by atoms with Gasteiger partial charge in [0.2, 0.25) is 0 Å². The van der Waals surface area contributed by atoms with Gasteiger partial charge in [0.25, 0.3) is 5.91 Å². The maximum Gasteiger partial charge on any atom is 0.280 e. The molecule has 1 amide bonds. The highest BCUT2D eigenvalue weighted by atomic mass is 16.5. The third kappa shape index (κ3) is 2.54. The molecule has 3 aromatic rings. The number of hydrogen-bond acceptors (Lipinski definition) is 4. The number of ether oxygens (including phenoxy) is 1. The van der Waals surface area contributed by atoms with E-state index in [0.29, 0.717) is 30.4 Å². The van der Waals surface area contributed by atoms with E-state index < -0.39 is 0 Å². The lowest BCUT2D eigenvalue weighted by Crippen LogP contribution is -2.38. The van der Waals surface area contributed by atoms with Crippen LogP contribution >= 0.6 is 0 Å². The smallest absolute Gasteiger partial charge is 0.280 e. The molecule has 1 aromatic heterocycles. The second kappa shape index (κ2) is 5.85. The molecule has 0 spiro atoms. The van der Waals surface area contributed by atoms with Gasteiger partial charge in [-0.25, -0.2) is 0 Å². The molecule has 0 aliphatic carbocycles. The van der Waals surface area contributed by atoms with Crippen LogP contribution in [-0.4, -0.2) is 24.2 Å². The summed E-state index contributed by atoms with van der Waals surface area (Å²) in [6.07, 6.45) is 0. The summed E-state index contributed by atoms with van der Waals surface area (Å²) in [6, 6.07) is 17.1. The Labute approximate surface area is 139 Å². The van der Waals surface area contributed by atoms with Crippen molar-refractivity contribution in [2.45, 2.75) is 6.92 Å². The molecule has 2 heterocycles. The van der Waals surface area contributed by atoms with Crippen LogP contribution in [0.1, 0.15) is 16.1 Å². The van der Waals surface area contributed by atoms with Crippen molar-refractivity contribution in [3.8, 4) is 17.1 Å². The van der Waals surface area contributed by atoms with E-state index in [9.17, 15) is 4.79 Å². The van der Waals surface area contributed by atoms with Gasteiger partial charge >= 0.3 is 0 Å². The molecule has 2 aromatic carbocycles. The molecule has 0 saturated heterocycles. The van der Waals surface area contributed by atoms with Crippen molar-refractivity contribution < 1.29 is 14.1 Å². The molecule has 1 aliphatic rings. The van der Waals surface area contributed by atoms with Gasteiger partial charge in [-0.15, -0.1) is 0 Å². The number of benzene rings is 2. The van der Waals surface area contributed by atoms with Crippen LogP contribution in [0.4, 0.5) is 5.69 Å². The Morgan fingerprint density at radius 1 is 1.12 bits per heavy atom. The average molecular weight is 320 g/mol. The van der Waals surface area contributed by atoms with Crippen molar-refractivity contribution in [1.29, 1.82) is 0 Å². The lowest BCUT2D eigenvalue weighted by molar-refractivity contribution is 0.0968. The Kier molecular flexibility index (Phi) is 3.54. The zero-order chi connectivity index (χ0) is 16.5. The monoisotopic (exact) mass is 320 g/mol. The van der Waals surface area contributed by atoms with Gasteiger partial charge < -0.3 is 9.26 Å². The van der Waals surface area contributed by atoms with Crippen LogP contribution in [0.3, 0.4) is 0 Å². The summed E-state index contributed by atoms with van der Waals surface area (Å²) in [5.74, 6) is 1.10. The van der Waals surface area contributed by atoms with Crippen molar-refractivity contribution in [2.24, 2.45) is 0 Å². The van der Waals surface area contributed by atoms with E-state index in [-0.39, 0.29) is 5.91 Å². The topological polar surface area (TPSA) is 55.6 Å². The number of aromatic nitrogens is 1. The Morgan fingerprint density at radius 2 is 1.92 bits per heavy atom. The maximum atomic E-state index is 12.8. The third-order valence-corrected chi connectivity index (χ3v) is 4.04. The van der Waals surface area contributed by atoms with Crippen molar-refractivity contribution in [2.75, 3.05) is 18.1 Å². The standard InChI is InChI=1S/C19H16N2O3/c1-13-6-8-14(9-7-13)18-12-15(20-24-18)19(22)21-10-11-23-17-5-3-2-4-16(17)21/h2-9,12H,10-11H2,1H3. The van der Waals surface area contributed by atoms with Gasteiger partial charge in [0, 0.05) is 11.6 Å². The SMILES string of the molecule is Cc1ccc(-c2cc(C(=O)N3CCOc4ccccc43)no2)cc1. The summed E-state index contributed by atoms with van der Waals surface area (Å²) >= 11 is 0. The van der Waals surface area contributed by atoms with Crippen molar-refractivity contribution in [1.82, 2.24) is 5.16 Å². The largest absolute Gasteiger partial charge is 0.490 e. The van der Waals surface area contributed by atoms with Gasteiger partial charge in [0.05, 0.1) is 12.2 Å². The normalized spacial score (nSPS) is 13.3. The molecule has 0 unspecified atom stereocenters. The Bertz CT molecular complexity index is 884. The summed E-state index contributed by atoms with van der Waals surface area (Å²) in [6.45, 7) is 2.98. The zero-order valence-corrected chi connectivity index (χ0v) is 13.2. The number of nitrogens with zero attached hydrogens (tertiary/aromatic N) is 2. The van der Waals surface area contributed by atoms with Crippen LogP contribution in [0.5, 0.6) is 5.75 Å². The number of aryl methyl sites for hydroxylation is 1. The van der Waals surface area contributed by atoms with Gasteiger partial charge in [0.1, 0.15) is 12.4 Å². The number of rotatable bonds is 2. The third-order valence-electron chi connectivity index (χ3n) is 4.04. The second-order valence-electron chi connectivity index (χ2n) is 5.72. The van der Waals surface area contributed by atoms with Crippen LogP contribution < -0.4 is 9.64 Å². The first-order chi connectivity index (χ1) is 11.7. The number of anilines is 1. The first-order valence-electron chi connectivity index (χ1n) is 7.80. The van der Waals surface area contributed by atoms with E-state index in [4.69, 9.17) is 9.26 Å². The molecular formula is C19H16N2O3. The van der Waals surface area contributed by atoms with Crippen molar-refractivity contribution in [3.05, 3.63) is 65.9 Å². The first kappa shape index (κ1) is 14.5. The summed E-state index contributed by atoms with van der Waals surface area (Å²) in [5, 5.41) is 3.96. The predicted molar refractivity (Wildman–Crippen MR) is 90.3 cm³/mol. The summed E-state index contributed by atoms with van der Waals surface area (Å²) in [5.41, 5.74) is 3.12. The van der Waals surface area contributed by atoms with Crippen LogP contribution in [0.25, 0.3) is 11.3 Å². The number of hydrogen-bond donors (Lipinski definition) is 0. The van der Waals surface area contributed by atoms with Gasteiger partial charge in [-0.1, -0.05) is 47.1 Å². The van der Waals surface area contributed by atoms with E-state index in [0.717, 1.165) is 11.3 Å². The van der Waals surface area contributed by atoms with E-state index >= 15 is 0 Å². The zero-order valence-electron chi connectivity index (χ0n) is 13.2. The number of fused-ring (bicyclic) bond motifs is 1. The van der Waals surface area contributed by atoms with E-state index in [1.807, 2.05) is 55.5 Å². The van der Waals surface area contributed by atoms with Gasteiger partial charge in [-0.3, -0.25) is 9.69 Å². The quantitative estimate of drug-likeness (QED) is 0.722. The fourth-order valence-corrected chi connectivity index (χ4v) is 2.75. The first-order valence-corrected chi connectivity index (χ1v) is 7.80. The Balaban J connectivity index is 1.63. The molecular weight excluding hydrogens is 304 g/mol. The molecule has 4 rings (SSSR count). The summed E-state index contributed by atoms with van der Waals surface area (Å²) in [7, 11) is 0. The van der Waals surface area contributed by atoms with Gasteiger partial charge in [0.15, 0.2) is 11.5 Å². The number of amides is 1. The fraction of sp³-hybridized carbons (Fsp3) is 0.158. The van der Waals surface area contributed by atoms with Crippen LogP contribution in [0, 0.1) is 6.92 Å². The van der Waals surface area contributed by atoms with Crippen LogP contribution in [0.15, 0.2) is 59.1 Å². The molecule has 5 heteroatoms. The maximum absolute atomic E-state index is 12.8. The minimum absolute atomic E-state index is 0.187. The Morgan fingerprint density at radius 3 is 2.75 bits per heavy atom. The highest BCUT2D eigenvalue weighted by Crippen LogP contribution is 2.32. The predicted octanol–water partition coefficient (Wildman–Crippen LogP) is 3.69. The highest BCUT2D eigenvalue weighted by molar-refractivity contribution is 6.06. The van der Waals surface area contributed by atoms with Gasteiger partial charge in [-0.2, -0.15) is 0 Å². The van der Waals surface area contributed by atoms with E-state index in [2.05, 4.69) is 5.16 Å². The molecule has 5 nitrogen and oxygen atoms in total. The van der Waals surface area contributed by atoms with Crippen molar-refractivity contribution in [3.63, 3.8) is 0 Å². The molecule has 0 radical (unpaired) electrons. The minimum atomic E-state index is -0.187. The lowest BCUT2D eigenvalue weighted by atomic mass is 10.1. The van der Waals surface area contributed by atoms with Crippen LogP contribution in [0.2, 0.25) is 0 Å². The lowest BCUT2D eigenvalue weighted by Gasteiger charge is -2.28. The molecule has 0 bridgehead atoms. The second-order valence-corrected chi connectivity index (χ2v) is 5.72. The molecule has 0 N–H and O–H groups in total. The fourth-order valence-electron chi connectivity index (χ4n) is 2.75. The summed E-state index contributed by atoms with van der Waals surface area (Å²) in [4.78, 5) is 14.5. The molecule has 0 atom stereocenters. The molecule has 0 fully saturated rings. The van der Waals surface area contributed by atoms with Gasteiger partial charge in [-0.05, 0) is 19.1 Å². The molecule has 120 valence electrons. The Hall–Kier alpha value is -3.08. The molecule has 1 aliphatic heterocycles. The molecule has 0 saturated carbocycles. The average Bonchev–Trinajstić information content (AvgIpc) is 3.11. The molecule has 24 heavy (non-hydrogen) atoms. The number of carbonyl (C=O) groups is 1. The van der Waals surface area contributed by atoms with Crippen molar-refractivity contribution >= 4 is 11.6 Å². The van der Waals surface area contributed by atoms with E-state index in [1.165, 1.54) is 5.56 Å². The van der Waals surface area contributed by atoms with E-state index in [1.54, 1.807) is 11.0 Å². The van der Waals surface area contributed by atoms with Crippen LogP contribution in [-0.2, 0) is 0 Å². The summed E-state index contributed by atoms with van der Waals surface area (Å²) < 4.78 is 10.9. The highest BCUT2D eigenvalue weighted by Gasteiger charge is 2.26. The minimum Gasteiger partial charge on any atom is -0.490 e.